The number of thioether (sulfide) groups is 1. The Labute approximate surface area is 97.9 Å². The summed E-state index contributed by atoms with van der Waals surface area (Å²) in [5.74, 6) is 1.63. The van der Waals surface area contributed by atoms with Gasteiger partial charge in [0.2, 0.25) is 11.0 Å². The highest BCUT2D eigenvalue weighted by atomic mass is 32.2. The molecule has 1 amide bonds. The van der Waals surface area contributed by atoms with Crippen molar-refractivity contribution in [3.63, 3.8) is 0 Å². The molecule has 0 aliphatic carbocycles. The zero-order valence-corrected chi connectivity index (χ0v) is 10.7. The summed E-state index contributed by atoms with van der Waals surface area (Å²) in [5.41, 5.74) is 0. The van der Waals surface area contributed by atoms with Gasteiger partial charge in [-0.2, -0.15) is 0 Å². The molecule has 0 radical (unpaired) electrons. The van der Waals surface area contributed by atoms with E-state index in [1.165, 1.54) is 11.3 Å². The molecule has 0 aromatic carbocycles. The van der Waals surface area contributed by atoms with Gasteiger partial charge in [0, 0.05) is 12.2 Å². The first-order valence-electron chi connectivity index (χ1n) is 4.88. The predicted octanol–water partition coefficient (Wildman–Crippen LogP) is 2.63. The van der Waals surface area contributed by atoms with E-state index in [2.05, 4.69) is 29.4 Å². The van der Waals surface area contributed by atoms with Crippen LogP contribution in [0.25, 0.3) is 0 Å². The largest absolute Gasteiger partial charge is 0.301 e. The molecule has 0 aliphatic rings. The normalized spacial score (nSPS) is 10.7. The van der Waals surface area contributed by atoms with Gasteiger partial charge >= 0.3 is 0 Å². The van der Waals surface area contributed by atoms with Crippen LogP contribution in [0.4, 0.5) is 5.13 Å². The second-order valence-corrected chi connectivity index (χ2v) is 5.72. The van der Waals surface area contributed by atoms with Crippen LogP contribution >= 0.6 is 23.1 Å². The standard InChI is InChI=1S/C9H15N3OS2/c1-4-7(13)10-8-11-12-9(15-8)14-5-6(2)3/h6H,4-5H2,1-3H3,(H,10,11,13). The summed E-state index contributed by atoms with van der Waals surface area (Å²) in [5, 5.41) is 11.2. The van der Waals surface area contributed by atoms with Gasteiger partial charge in [-0.1, -0.05) is 43.9 Å². The average molecular weight is 245 g/mol. The molecule has 1 aromatic heterocycles. The maximum Gasteiger partial charge on any atom is 0.225 e. The van der Waals surface area contributed by atoms with Crippen molar-refractivity contribution in [2.45, 2.75) is 31.5 Å². The first kappa shape index (κ1) is 12.4. The number of nitrogens with one attached hydrogen (secondary N) is 1. The number of nitrogens with zero attached hydrogens (tertiary/aromatic N) is 2. The smallest absolute Gasteiger partial charge is 0.225 e. The highest BCUT2D eigenvalue weighted by molar-refractivity contribution is 8.01. The summed E-state index contributed by atoms with van der Waals surface area (Å²) in [6.45, 7) is 6.13. The van der Waals surface area contributed by atoms with E-state index >= 15 is 0 Å². The Morgan fingerprint density at radius 2 is 2.27 bits per heavy atom. The van der Waals surface area contributed by atoms with Gasteiger partial charge in [-0.15, -0.1) is 10.2 Å². The zero-order valence-electron chi connectivity index (χ0n) is 9.11. The van der Waals surface area contributed by atoms with Crippen molar-refractivity contribution in [2.24, 2.45) is 5.92 Å². The minimum absolute atomic E-state index is 0.0217. The van der Waals surface area contributed by atoms with E-state index in [1.807, 2.05) is 6.92 Å². The van der Waals surface area contributed by atoms with Crippen LogP contribution in [0.15, 0.2) is 4.34 Å². The van der Waals surface area contributed by atoms with Gasteiger partial charge < -0.3 is 5.32 Å². The second kappa shape index (κ2) is 6.07. The van der Waals surface area contributed by atoms with Crippen LogP contribution in [-0.2, 0) is 4.79 Å². The quantitative estimate of drug-likeness (QED) is 0.640. The number of carbonyl (C=O) groups excluding carboxylic acids is 1. The highest BCUT2D eigenvalue weighted by Gasteiger charge is 2.07. The third-order valence-corrected chi connectivity index (χ3v) is 3.91. The fourth-order valence-corrected chi connectivity index (χ4v) is 2.51. The lowest BCUT2D eigenvalue weighted by atomic mass is 10.3. The molecule has 15 heavy (non-hydrogen) atoms. The van der Waals surface area contributed by atoms with Gasteiger partial charge in [0.05, 0.1) is 0 Å². The molecule has 0 fully saturated rings. The Bertz CT molecular complexity index is 325. The van der Waals surface area contributed by atoms with E-state index in [0.29, 0.717) is 17.5 Å². The van der Waals surface area contributed by atoms with Crippen molar-refractivity contribution in [3.05, 3.63) is 0 Å². The van der Waals surface area contributed by atoms with E-state index < -0.39 is 0 Å². The molecule has 4 nitrogen and oxygen atoms in total. The molecule has 0 aliphatic heterocycles. The molecule has 0 atom stereocenters. The molecule has 1 aromatic rings. The molecule has 0 bridgehead atoms. The lowest BCUT2D eigenvalue weighted by molar-refractivity contribution is -0.115. The Kier molecular flexibility index (Phi) is 5.04. The number of carbonyl (C=O) groups is 1. The Hall–Kier alpha value is -0.620. The number of rotatable bonds is 5. The lowest BCUT2D eigenvalue weighted by Crippen LogP contribution is -2.08. The number of hydrogen-bond acceptors (Lipinski definition) is 5. The van der Waals surface area contributed by atoms with Gasteiger partial charge in [0.1, 0.15) is 0 Å². The van der Waals surface area contributed by atoms with Gasteiger partial charge in [-0.05, 0) is 5.92 Å². The van der Waals surface area contributed by atoms with Crippen LogP contribution in [0.3, 0.4) is 0 Å². The number of amides is 1. The Balaban J connectivity index is 2.45. The van der Waals surface area contributed by atoms with Crippen molar-refractivity contribution >= 4 is 34.1 Å². The highest BCUT2D eigenvalue weighted by Crippen LogP contribution is 2.26. The summed E-state index contributed by atoms with van der Waals surface area (Å²) in [7, 11) is 0. The van der Waals surface area contributed by atoms with Gasteiger partial charge in [-0.3, -0.25) is 4.79 Å². The van der Waals surface area contributed by atoms with Crippen molar-refractivity contribution in [1.82, 2.24) is 10.2 Å². The molecule has 1 rings (SSSR count). The first-order valence-corrected chi connectivity index (χ1v) is 6.68. The van der Waals surface area contributed by atoms with Crippen LogP contribution in [0.2, 0.25) is 0 Å². The van der Waals surface area contributed by atoms with E-state index in [0.717, 1.165) is 10.1 Å². The molecule has 6 heteroatoms. The molecule has 84 valence electrons. The third-order valence-electron chi connectivity index (χ3n) is 1.51. The fraction of sp³-hybridized carbons (Fsp3) is 0.667. The van der Waals surface area contributed by atoms with Crippen molar-refractivity contribution in [3.8, 4) is 0 Å². The van der Waals surface area contributed by atoms with Crippen LogP contribution in [0.1, 0.15) is 27.2 Å². The third kappa shape index (κ3) is 4.61. The van der Waals surface area contributed by atoms with E-state index in [4.69, 9.17) is 0 Å². The number of hydrogen-bond donors (Lipinski definition) is 1. The van der Waals surface area contributed by atoms with Gasteiger partial charge in [0.15, 0.2) is 4.34 Å². The predicted molar refractivity (Wildman–Crippen MR) is 64.4 cm³/mol. The maximum atomic E-state index is 11.1. The Morgan fingerprint density at radius 1 is 1.53 bits per heavy atom. The van der Waals surface area contributed by atoms with Crippen molar-refractivity contribution in [1.29, 1.82) is 0 Å². The summed E-state index contributed by atoms with van der Waals surface area (Å²) in [6.07, 6.45) is 0.466. The summed E-state index contributed by atoms with van der Waals surface area (Å²) < 4.78 is 0.912. The van der Waals surface area contributed by atoms with E-state index in [9.17, 15) is 4.79 Å². The van der Waals surface area contributed by atoms with E-state index in [-0.39, 0.29) is 5.91 Å². The summed E-state index contributed by atoms with van der Waals surface area (Å²) in [6, 6.07) is 0. The SMILES string of the molecule is CCC(=O)Nc1nnc(SCC(C)C)s1. The van der Waals surface area contributed by atoms with Crippen molar-refractivity contribution in [2.75, 3.05) is 11.1 Å². The number of aromatic nitrogens is 2. The number of anilines is 1. The topological polar surface area (TPSA) is 54.9 Å². The Morgan fingerprint density at radius 3 is 2.87 bits per heavy atom. The maximum absolute atomic E-state index is 11.1. The van der Waals surface area contributed by atoms with Crippen LogP contribution in [0.5, 0.6) is 0 Å². The van der Waals surface area contributed by atoms with Gasteiger partial charge in [-0.25, -0.2) is 0 Å². The fourth-order valence-electron chi connectivity index (χ4n) is 0.764. The minimum atomic E-state index is -0.0217. The molecular formula is C9H15N3OS2. The molecule has 0 saturated carbocycles. The molecule has 0 spiro atoms. The van der Waals surface area contributed by atoms with E-state index in [1.54, 1.807) is 11.8 Å². The van der Waals surface area contributed by atoms with Crippen molar-refractivity contribution < 1.29 is 4.79 Å². The van der Waals surface area contributed by atoms with Gasteiger partial charge in [0.25, 0.3) is 0 Å². The summed E-state index contributed by atoms with van der Waals surface area (Å²) >= 11 is 3.11. The van der Waals surface area contributed by atoms with Crippen LogP contribution in [-0.4, -0.2) is 21.9 Å². The zero-order chi connectivity index (χ0) is 11.3. The van der Waals surface area contributed by atoms with Crippen LogP contribution < -0.4 is 5.32 Å². The monoisotopic (exact) mass is 245 g/mol. The average Bonchev–Trinajstić information content (AvgIpc) is 2.62. The molecule has 1 N–H and O–H groups in total. The lowest BCUT2D eigenvalue weighted by Gasteiger charge is -1.99. The molecular weight excluding hydrogens is 230 g/mol. The minimum Gasteiger partial charge on any atom is -0.301 e. The molecule has 0 unspecified atom stereocenters. The molecule has 1 heterocycles. The molecule has 0 saturated heterocycles. The van der Waals surface area contributed by atoms with Crippen LogP contribution in [0, 0.1) is 5.92 Å². The second-order valence-electron chi connectivity index (χ2n) is 3.48. The summed E-state index contributed by atoms with van der Waals surface area (Å²) in [4.78, 5) is 11.1. The first-order chi connectivity index (χ1) is 7.11.